The predicted octanol–water partition coefficient (Wildman–Crippen LogP) is 2.64. The minimum absolute atomic E-state index is 0.0116. The van der Waals surface area contributed by atoms with E-state index < -0.39 is 5.91 Å². The van der Waals surface area contributed by atoms with Crippen LogP contribution in [-0.2, 0) is 11.3 Å². The van der Waals surface area contributed by atoms with E-state index in [0.717, 1.165) is 11.1 Å². The molecule has 0 atom stereocenters. The topological polar surface area (TPSA) is 101 Å². The number of ether oxygens (including phenoxy) is 1. The van der Waals surface area contributed by atoms with Gasteiger partial charge in [-0.15, -0.1) is 0 Å². The van der Waals surface area contributed by atoms with Crippen LogP contribution >= 0.6 is 0 Å². The number of nitrogens with one attached hydrogen (secondary N) is 2. The third-order valence-corrected chi connectivity index (χ3v) is 5.48. The minimum Gasteiger partial charge on any atom is -0.382 e. The highest BCUT2D eigenvalue weighted by atomic mass is 16.5. The third-order valence-electron chi connectivity index (χ3n) is 5.48. The average Bonchev–Trinajstić information content (AvgIpc) is 2.82. The Morgan fingerprint density at radius 1 is 1.18 bits per heavy atom. The number of hydrogen-bond donors (Lipinski definition) is 2. The van der Waals surface area contributed by atoms with E-state index in [1.165, 1.54) is 10.5 Å². The number of rotatable bonds is 8. The molecule has 0 saturated heterocycles. The number of hydrogen-bond acceptors (Lipinski definition) is 5. The number of fused-ring (bicyclic) bond motifs is 2. The van der Waals surface area contributed by atoms with Crippen molar-refractivity contribution in [2.24, 2.45) is 0 Å². The standard InChI is InChI=1S/C25H27N5O3/c1-3-33-14-6-12-27-24(31)19-15-20-23(28-21-7-4-5-13-29(21)25(20)32)30(22(19)26)16-18-10-8-17(2)9-11-18/h4-5,7-11,13,15,26H,3,6,12,14,16H2,1-2H3,(H,27,31). The van der Waals surface area contributed by atoms with Crippen LogP contribution in [-0.4, -0.2) is 39.6 Å². The smallest absolute Gasteiger partial charge is 0.267 e. The number of amides is 1. The number of benzene rings is 1. The molecule has 8 nitrogen and oxygen atoms in total. The van der Waals surface area contributed by atoms with Crippen LogP contribution < -0.4 is 16.4 Å². The Morgan fingerprint density at radius 3 is 2.73 bits per heavy atom. The molecule has 4 aromatic rings. The molecule has 33 heavy (non-hydrogen) atoms. The van der Waals surface area contributed by atoms with Gasteiger partial charge >= 0.3 is 0 Å². The molecule has 0 bridgehead atoms. The maximum Gasteiger partial charge on any atom is 0.267 e. The van der Waals surface area contributed by atoms with Gasteiger partial charge in [0.05, 0.1) is 17.5 Å². The van der Waals surface area contributed by atoms with Gasteiger partial charge in [-0.2, -0.15) is 0 Å². The summed E-state index contributed by atoms with van der Waals surface area (Å²) in [5.74, 6) is -0.395. The highest BCUT2D eigenvalue weighted by molar-refractivity contribution is 5.96. The maximum atomic E-state index is 13.3. The van der Waals surface area contributed by atoms with Gasteiger partial charge < -0.3 is 14.6 Å². The minimum atomic E-state index is -0.395. The largest absolute Gasteiger partial charge is 0.382 e. The highest BCUT2D eigenvalue weighted by Crippen LogP contribution is 2.13. The number of aryl methyl sites for hydroxylation is 1. The summed E-state index contributed by atoms with van der Waals surface area (Å²) in [6.45, 7) is 5.84. The molecule has 170 valence electrons. The number of nitrogens with zero attached hydrogens (tertiary/aromatic N) is 3. The molecule has 8 heteroatoms. The first-order valence-corrected chi connectivity index (χ1v) is 11.0. The van der Waals surface area contributed by atoms with Crippen molar-refractivity contribution in [2.75, 3.05) is 19.8 Å². The van der Waals surface area contributed by atoms with E-state index in [0.29, 0.717) is 49.4 Å². The Bertz CT molecular complexity index is 1420. The normalized spacial score (nSPS) is 11.2. The maximum absolute atomic E-state index is 13.3. The van der Waals surface area contributed by atoms with Crippen LogP contribution in [0.1, 0.15) is 34.8 Å². The summed E-state index contributed by atoms with van der Waals surface area (Å²) >= 11 is 0. The Hall–Kier alpha value is -3.78. The summed E-state index contributed by atoms with van der Waals surface area (Å²) in [6.07, 6.45) is 2.31. The fourth-order valence-corrected chi connectivity index (χ4v) is 3.71. The van der Waals surface area contributed by atoms with Crippen LogP contribution in [0.25, 0.3) is 16.7 Å². The molecule has 0 aliphatic carbocycles. The Labute approximate surface area is 191 Å². The second kappa shape index (κ2) is 9.79. The van der Waals surface area contributed by atoms with Crippen molar-refractivity contribution in [3.8, 4) is 0 Å². The van der Waals surface area contributed by atoms with Crippen LogP contribution in [0.3, 0.4) is 0 Å². The molecule has 3 heterocycles. The summed E-state index contributed by atoms with van der Waals surface area (Å²) in [5, 5.41) is 11.9. The van der Waals surface area contributed by atoms with Crippen LogP contribution in [0, 0.1) is 12.3 Å². The first kappa shape index (κ1) is 22.4. The van der Waals surface area contributed by atoms with Gasteiger partial charge in [-0.05, 0) is 44.0 Å². The second-order valence-corrected chi connectivity index (χ2v) is 7.87. The first-order chi connectivity index (χ1) is 16.0. The van der Waals surface area contributed by atoms with Crippen molar-refractivity contribution < 1.29 is 9.53 Å². The molecule has 1 aromatic carbocycles. The summed E-state index contributed by atoms with van der Waals surface area (Å²) < 4.78 is 8.39. The molecule has 0 aliphatic rings. The fourth-order valence-electron chi connectivity index (χ4n) is 3.71. The van der Waals surface area contributed by atoms with E-state index >= 15 is 0 Å². The first-order valence-electron chi connectivity index (χ1n) is 11.0. The lowest BCUT2D eigenvalue weighted by atomic mass is 10.1. The average molecular weight is 446 g/mol. The number of carbonyl (C=O) groups excluding carboxylic acids is 1. The van der Waals surface area contributed by atoms with Crippen molar-refractivity contribution in [2.45, 2.75) is 26.8 Å². The Morgan fingerprint density at radius 2 is 1.97 bits per heavy atom. The van der Waals surface area contributed by atoms with Gasteiger partial charge in [0.2, 0.25) is 0 Å². The van der Waals surface area contributed by atoms with Gasteiger partial charge in [0.1, 0.15) is 16.8 Å². The molecule has 0 fully saturated rings. The Balaban J connectivity index is 1.83. The quantitative estimate of drug-likeness (QED) is 0.322. The highest BCUT2D eigenvalue weighted by Gasteiger charge is 2.17. The summed E-state index contributed by atoms with van der Waals surface area (Å²) in [5.41, 5.74) is 2.81. The van der Waals surface area contributed by atoms with Crippen LogP contribution in [0.4, 0.5) is 0 Å². The fraction of sp³-hybridized carbons (Fsp3) is 0.280. The Kier molecular flexibility index (Phi) is 6.65. The number of pyridine rings is 2. The van der Waals surface area contributed by atoms with E-state index in [4.69, 9.17) is 10.1 Å². The van der Waals surface area contributed by atoms with Gasteiger partial charge in [-0.1, -0.05) is 35.9 Å². The molecule has 3 aromatic heterocycles. The SMILES string of the molecule is CCOCCCNC(=O)c1cc2c(=O)n3ccccc3nc2n(Cc2ccc(C)cc2)c1=N. The lowest BCUT2D eigenvalue weighted by molar-refractivity contribution is 0.0942. The molecule has 0 spiro atoms. The van der Waals surface area contributed by atoms with Gasteiger partial charge in [0, 0.05) is 26.0 Å². The lowest BCUT2D eigenvalue weighted by Gasteiger charge is -2.15. The van der Waals surface area contributed by atoms with Gasteiger partial charge in [-0.25, -0.2) is 4.98 Å². The zero-order valence-electron chi connectivity index (χ0n) is 18.8. The van der Waals surface area contributed by atoms with E-state index in [1.807, 2.05) is 44.2 Å². The van der Waals surface area contributed by atoms with E-state index in [2.05, 4.69) is 10.3 Å². The van der Waals surface area contributed by atoms with Crippen molar-refractivity contribution in [3.63, 3.8) is 0 Å². The van der Waals surface area contributed by atoms with E-state index in [9.17, 15) is 9.59 Å². The van der Waals surface area contributed by atoms with Crippen molar-refractivity contribution in [1.82, 2.24) is 19.3 Å². The third kappa shape index (κ3) is 4.70. The molecule has 0 saturated carbocycles. The molecule has 4 rings (SSSR count). The van der Waals surface area contributed by atoms with Crippen LogP contribution in [0.2, 0.25) is 0 Å². The molecule has 0 radical (unpaired) electrons. The molecular weight excluding hydrogens is 418 g/mol. The van der Waals surface area contributed by atoms with Crippen LogP contribution in [0.5, 0.6) is 0 Å². The van der Waals surface area contributed by atoms with Crippen molar-refractivity contribution in [1.29, 1.82) is 5.41 Å². The zero-order valence-corrected chi connectivity index (χ0v) is 18.8. The molecule has 0 aliphatic heterocycles. The van der Waals surface area contributed by atoms with Gasteiger partial charge in [-0.3, -0.25) is 19.4 Å². The predicted molar refractivity (Wildman–Crippen MR) is 127 cm³/mol. The molecule has 0 unspecified atom stereocenters. The summed E-state index contributed by atoms with van der Waals surface area (Å²) in [6, 6.07) is 14.7. The van der Waals surface area contributed by atoms with Gasteiger partial charge in [0.25, 0.3) is 11.5 Å². The molecular formula is C25H27N5O3. The van der Waals surface area contributed by atoms with Crippen LogP contribution in [0.15, 0.2) is 59.5 Å². The van der Waals surface area contributed by atoms with E-state index in [-0.39, 0.29) is 16.6 Å². The number of aromatic nitrogens is 3. The zero-order chi connectivity index (χ0) is 23.4. The summed E-state index contributed by atoms with van der Waals surface area (Å²) in [4.78, 5) is 30.9. The second-order valence-electron chi connectivity index (χ2n) is 7.87. The summed E-state index contributed by atoms with van der Waals surface area (Å²) in [7, 11) is 0. The number of carbonyl (C=O) groups is 1. The van der Waals surface area contributed by atoms with Gasteiger partial charge in [0.15, 0.2) is 0 Å². The lowest BCUT2D eigenvalue weighted by Crippen LogP contribution is -2.35. The molecule has 2 N–H and O–H groups in total. The monoisotopic (exact) mass is 445 g/mol. The molecule has 1 amide bonds. The van der Waals surface area contributed by atoms with Crippen molar-refractivity contribution >= 4 is 22.6 Å². The van der Waals surface area contributed by atoms with Crippen molar-refractivity contribution in [3.05, 3.63) is 87.3 Å². The van der Waals surface area contributed by atoms with E-state index in [1.54, 1.807) is 22.9 Å².